The first-order chi connectivity index (χ1) is 27.4. The molecule has 1 saturated carbocycles. The smallest absolute Gasteiger partial charge is 0.138 e. The van der Waals surface area contributed by atoms with Crippen LogP contribution in [0.5, 0.6) is 23.0 Å². The van der Waals surface area contributed by atoms with Crippen molar-refractivity contribution in [2.75, 3.05) is 14.2 Å². The number of phenols is 2. The molecule has 278 valence electrons. The lowest BCUT2D eigenvalue weighted by molar-refractivity contribution is -0.00338. The minimum atomic E-state index is -1.35. The summed E-state index contributed by atoms with van der Waals surface area (Å²) in [6, 6.07) is 43.5. The third kappa shape index (κ3) is 5.97. The standard InChI is InChI=1S/C49H42N2O5/c1-55-40-23-21-30-12-3-7-16-36(30)43(40)45-38-18-9-5-14-32(38)26-34(47(45)52)28-50-42-20-11-25-49(42,54)51-29-35-27-33-15-6-10-19-39(33)46(48(35)53)44-37-17-8-4-13-31(37)22-24-41(44)56-2/h3-10,12-19,21-24,26-28,42,51-54H,11,20,25,29H2,1-2H3/t42?,49-/m1/s1. The van der Waals surface area contributed by atoms with Crippen molar-refractivity contribution in [1.29, 1.82) is 0 Å². The van der Waals surface area contributed by atoms with E-state index >= 15 is 0 Å². The molecular formula is C49H42N2O5. The molecule has 0 amide bonds. The highest BCUT2D eigenvalue weighted by atomic mass is 16.5. The highest BCUT2D eigenvalue weighted by Gasteiger charge is 2.41. The van der Waals surface area contributed by atoms with Crippen molar-refractivity contribution in [2.45, 2.75) is 37.6 Å². The summed E-state index contributed by atoms with van der Waals surface area (Å²) in [7, 11) is 3.29. The van der Waals surface area contributed by atoms with Gasteiger partial charge in [0.15, 0.2) is 0 Å². The van der Waals surface area contributed by atoms with Crippen LogP contribution in [0.2, 0.25) is 0 Å². The molecule has 0 spiro atoms. The van der Waals surface area contributed by atoms with Gasteiger partial charge in [0.1, 0.15) is 28.7 Å². The molecule has 1 aliphatic rings. The van der Waals surface area contributed by atoms with Crippen LogP contribution < -0.4 is 14.8 Å². The second-order valence-electron chi connectivity index (χ2n) is 14.6. The van der Waals surface area contributed by atoms with E-state index in [0.29, 0.717) is 46.6 Å². The van der Waals surface area contributed by atoms with Crippen LogP contribution in [0.4, 0.5) is 0 Å². The van der Waals surface area contributed by atoms with E-state index in [-0.39, 0.29) is 18.0 Å². The predicted molar refractivity (Wildman–Crippen MR) is 227 cm³/mol. The van der Waals surface area contributed by atoms with E-state index in [9.17, 15) is 15.3 Å². The highest BCUT2D eigenvalue weighted by Crippen LogP contribution is 2.48. The van der Waals surface area contributed by atoms with Crippen molar-refractivity contribution in [2.24, 2.45) is 4.99 Å². The zero-order valence-corrected chi connectivity index (χ0v) is 31.3. The number of phenolic OH excluding ortho intramolecular Hbond substituents is 2. The molecule has 56 heavy (non-hydrogen) atoms. The molecule has 7 heteroatoms. The Morgan fingerprint density at radius 2 is 1.11 bits per heavy atom. The average molecular weight is 739 g/mol. The number of hydrogen-bond acceptors (Lipinski definition) is 7. The van der Waals surface area contributed by atoms with Crippen LogP contribution in [0, 0.1) is 0 Å². The molecular weight excluding hydrogens is 697 g/mol. The number of fused-ring (bicyclic) bond motifs is 4. The van der Waals surface area contributed by atoms with Gasteiger partial charge in [0.05, 0.1) is 20.3 Å². The monoisotopic (exact) mass is 738 g/mol. The second kappa shape index (κ2) is 14.3. The maximum absolute atomic E-state index is 12.2. The first-order valence-electron chi connectivity index (χ1n) is 19.0. The number of ether oxygens (including phenoxy) is 2. The molecule has 8 aromatic carbocycles. The van der Waals surface area contributed by atoms with Crippen LogP contribution in [-0.2, 0) is 6.54 Å². The van der Waals surface area contributed by atoms with Gasteiger partial charge < -0.3 is 24.8 Å². The fourth-order valence-electron chi connectivity index (χ4n) is 8.64. The van der Waals surface area contributed by atoms with E-state index in [1.165, 1.54) is 0 Å². The molecule has 0 saturated heterocycles. The van der Waals surface area contributed by atoms with Crippen molar-refractivity contribution >= 4 is 49.3 Å². The number of aliphatic hydroxyl groups is 1. The normalized spacial score (nSPS) is 17.1. The van der Waals surface area contributed by atoms with Crippen molar-refractivity contribution in [3.8, 4) is 45.3 Å². The van der Waals surface area contributed by atoms with Crippen LogP contribution in [0.1, 0.15) is 30.4 Å². The fraction of sp³-hybridized carbons (Fsp3) is 0.163. The Kier molecular flexibility index (Phi) is 9.04. The van der Waals surface area contributed by atoms with Gasteiger partial charge in [0, 0.05) is 46.1 Å². The largest absolute Gasteiger partial charge is 0.507 e. The number of nitrogens with one attached hydrogen (secondary N) is 1. The fourth-order valence-corrected chi connectivity index (χ4v) is 8.64. The van der Waals surface area contributed by atoms with Gasteiger partial charge in [-0.15, -0.1) is 0 Å². The second-order valence-corrected chi connectivity index (χ2v) is 14.6. The average Bonchev–Trinajstić information content (AvgIpc) is 3.61. The van der Waals surface area contributed by atoms with Crippen molar-refractivity contribution in [3.63, 3.8) is 0 Å². The molecule has 0 radical (unpaired) electrons. The van der Waals surface area contributed by atoms with E-state index in [1.54, 1.807) is 20.4 Å². The molecule has 1 unspecified atom stereocenters. The lowest BCUT2D eigenvalue weighted by atomic mass is 9.90. The zero-order chi connectivity index (χ0) is 38.4. The van der Waals surface area contributed by atoms with Crippen LogP contribution in [0.25, 0.3) is 65.3 Å². The molecule has 8 aromatic rings. The molecule has 0 heterocycles. The Balaban J connectivity index is 1.08. The van der Waals surface area contributed by atoms with Crippen LogP contribution in [0.3, 0.4) is 0 Å². The van der Waals surface area contributed by atoms with Crippen molar-refractivity contribution in [3.05, 3.63) is 145 Å². The van der Waals surface area contributed by atoms with Gasteiger partial charge in [0.25, 0.3) is 0 Å². The van der Waals surface area contributed by atoms with E-state index in [0.717, 1.165) is 60.6 Å². The summed E-state index contributed by atoms with van der Waals surface area (Å²) >= 11 is 0. The molecule has 2 atom stereocenters. The Labute approximate surface area is 325 Å². The first-order valence-corrected chi connectivity index (χ1v) is 19.0. The number of methoxy groups -OCH3 is 2. The number of aliphatic imine (C=N–C) groups is 1. The lowest BCUT2D eigenvalue weighted by Gasteiger charge is -2.29. The number of benzene rings is 8. The number of nitrogens with zero attached hydrogens (tertiary/aromatic N) is 1. The molecule has 9 rings (SSSR count). The SMILES string of the molecule is COc1ccc2ccccc2c1-c1c(O)c(C=NC2CCC[C@]2(O)NCc2cc3ccccc3c(-c3c(OC)ccc4ccccc34)c2O)cc2ccccc12. The Morgan fingerprint density at radius 3 is 1.66 bits per heavy atom. The van der Waals surface area contributed by atoms with E-state index in [2.05, 4.69) is 17.4 Å². The van der Waals surface area contributed by atoms with E-state index in [1.807, 2.05) is 121 Å². The quantitative estimate of drug-likeness (QED) is 0.0868. The van der Waals surface area contributed by atoms with E-state index < -0.39 is 11.8 Å². The van der Waals surface area contributed by atoms with Gasteiger partial charge in [-0.3, -0.25) is 10.3 Å². The van der Waals surface area contributed by atoms with Gasteiger partial charge in [-0.25, -0.2) is 0 Å². The van der Waals surface area contributed by atoms with Crippen LogP contribution >= 0.6 is 0 Å². The summed E-state index contributed by atoms with van der Waals surface area (Å²) < 4.78 is 11.7. The molecule has 7 nitrogen and oxygen atoms in total. The third-order valence-corrected chi connectivity index (χ3v) is 11.4. The van der Waals surface area contributed by atoms with E-state index in [4.69, 9.17) is 14.5 Å². The van der Waals surface area contributed by atoms with Gasteiger partial charge in [0.2, 0.25) is 0 Å². The molecule has 0 aliphatic heterocycles. The molecule has 1 aliphatic carbocycles. The number of hydrogen-bond donors (Lipinski definition) is 4. The summed E-state index contributed by atoms with van der Waals surface area (Å²) in [5.41, 5.74) is 2.83. The summed E-state index contributed by atoms with van der Waals surface area (Å²) in [4.78, 5) is 4.95. The summed E-state index contributed by atoms with van der Waals surface area (Å²) in [5, 5.41) is 47.4. The highest BCUT2D eigenvalue weighted by molar-refractivity contribution is 6.13. The summed E-state index contributed by atoms with van der Waals surface area (Å²) in [5.74, 6) is 1.54. The van der Waals surface area contributed by atoms with Gasteiger partial charge in [-0.05, 0) is 86.6 Å². The molecule has 1 fully saturated rings. The third-order valence-electron chi connectivity index (χ3n) is 11.4. The minimum absolute atomic E-state index is 0.0917. The minimum Gasteiger partial charge on any atom is -0.507 e. The number of rotatable bonds is 9. The topological polar surface area (TPSA) is 104 Å². The van der Waals surface area contributed by atoms with Crippen LogP contribution in [-0.4, -0.2) is 47.5 Å². The molecule has 0 aromatic heterocycles. The Morgan fingerprint density at radius 1 is 0.625 bits per heavy atom. The van der Waals surface area contributed by atoms with Gasteiger partial charge >= 0.3 is 0 Å². The van der Waals surface area contributed by atoms with Crippen LogP contribution in [0.15, 0.2) is 138 Å². The maximum atomic E-state index is 12.2. The summed E-state index contributed by atoms with van der Waals surface area (Å²) in [6.45, 7) is 0.200. The van der Waals surface area contributed by atoms with Crippen molar-refractivity contribution < 1.29 is 24.8 Å². The maximum Gasteiger partial charge on any atom is 0.138 e. The van der Waals surface area contributed by atoms with Gasteiger partial charge in [-0.1, -0.05) is 109 Å². The number of aromatic hydroxyl groups is 2. The molecule has 4 N–H and O–H groups in total. The molecule has 0 bridgehead atoms. The Bertz CT molecular complexity index is 2830. The first kappa shape index (κ1) is 35.3. The lowest BCUT2D eigenvalue weighted by Crippen LogP contribution is -2.50. The zero-order valence-electron chi connectivity index (χ0n) is 31.3. The van der Waals surface area contributed by atoms with Gasteiger partial charge in [-0.2, -0.15) is 0 Å². The summed E-state index contributed by atoms with van der Waals surface area (Å²) in [6.07, 6.45) is 3.58. The predicted octanol–water partition coefficient (Wildman–Crippen LogP) is 10.5. The Hall–Kier alpha value is -6.41. The van der Waals surface area contributed by atoms with Crippen molar-refractivity contribution in [1.82, 2.24) is 5.32 Å².